The van der Waals surface area contributed by atoms with Gasteiger partial charge in [-0.2, -0.15) is 5.21 Å². The molecule has 1 fully saturated rings. The van der Waals surface area contributed by atoms with E-state index in [2.05, 4.69) is 37.7 Å². The number of fused-ring (bicyclic) bond motifs is 1. The van der Waals surface area contributed by atoms with Crippen molar-refractivity contribution in [1.29, 1.82) is 0 Å². The number of tetrazole rings is 1. The maximum Gasteiger partial charge on any atom is 0.245 e. The molecule has 2 amide bonds. The van der Waals surface area contributed by atoms with Gasteiger partial charge < -0.3 is 10.6 Å². The summed E-state index contributed by atoms with van der Waals surface area (Å²) in [5.74, 6) is -0.502. The summed E-state index contributed by atoms with van der Waals surface area (Å²) in [5, 5.41) is 14.5. The number of benzene rings is 3. The fourth-order valence-electron chi connectivity index (χ4n) is 5.95. The minimum atomic E-state index is -0.564. The number of nitrogens with zero attached hydrogens (tertiary/aromatic N) is 5. The molecule has 9 nitrogen and oxygen atoms in total. The molecule has 0 saturated carbocycles. The number of nitrogens with one attached hydrogen (secondary N) is 1. The number of aromatic nitrogens is 4. The molecule has 1 aromatic heterocycles. The highest BCUT2D eigenvalue weighted by Gasteiger charge is 2.43. The molecule has 6 rings (SSSR count). The Hall–Kier alpha value is -4.37. The monoisotopic (exact) mass is 521 g/mol. The number of H-pyrrole nitrogens is 1. The van der Waals surface area contributed by atoms with Gasteiger partial charge in [-0.05, 0) is 65.9 Å². The summed E-state index contributed by atoms with van der Waals surface area (Å²) >= 11 is 0. The molecule has 2 aliphatic heterocycles. The summed E-state index contributed by atoms with van der Waals surface area (Å²) in [6.07, 6.45) is 3.65. The molecule has 0 bridgehead atoms. The van der Waals surface area contributed by atoms with Gasteiger partial charge in [0, 0.05) is 11.3 Å². The fourth-order valence-corrected chi connectivity index (χ4v) is 5.95. The first-order valence-electron chi connectivity index (χ1n) is 13.4. The molecule has 9 heteroatoms. The molecule has 0 radical (unpaired) electrons. The van der Waals surface area contributed by atoms with Crippen LogP contribution < -0.4 is 10.6 Å². The zero-order valence-corrected chi connectivity index (χ0v) is 21.7. The molecular weight excluding hydrogens is 490 g/mol. The van der Waals surface area contributed by atoms with Crippen LogP contribution in [0.3, 0.4) is 0 Å². The Bertz CT molecular complexity index is 1460. The molecule has 198 valence electrons. The van der Waals surface area contributed by atoms with Crippen molar-refractivity contribution >= 4 is 17.5 Å². The van der Waals surface area contributed by atoms with Crippen molar-refractivity contribution in [2.75, 3.05) is 18.0 Å². The van der Waals surface area contributed by atoms with E-state index >= 15 is 0 Å². The number of hydrogen-bond donors (Lipinski definition) is 2. The molecule has 3 N–H and O–H groups in total. The zero-order valence-electron chi connectivity index (χ0n) is 21.7. The third-order valence-corrected chi connectivity index (χ3v) is 7.89. The first-order valence-corrected chi connectivity index (χ1v) is 13.4. The zero-order chi connectivity index (χ0) is 26.8. The summed E-state index contributed by atoms with van der Waals surface area (Å²) in [6.45, 7) is 2.01. The minimum absolute atomic E-state index is 0.0582. The van der Waals surface area contributed by atoms with E-state index in [1.165, 1.54) is 0 Å². The Labute approximate surface area is 227 Å². The van der Waals surface area contributed by atoms with E-state index in [1.54, 1.807) is 0 Å². The van der Waals surface area contributed by atoms with Gasteiger partial charge in [0.15, 0.2) is 0 Å². The van der Waals surface area contributed by atoms with Crippen LogP contribution in [0.1, 0.15) is 30.4 Å². The van der Waals surface area contributed by atoms with Gasteiger partial charge in [0.25, 0.3) is 0 Å². The molecule has 2 atom stereocenters. The van der Waals surface area contributed by atoms with Crippen LogP contribution in [0.15, 0.2) is 72.8 Å². The van der Waals surface area contributed by atoms with Crippen LogP contribution in [0.2, 0.25) is 0 Å². The van der Waals surface area contributed by atoms with E-state index in [0.717, 1.165) is 65.9 Å². The van der Waals surface area contributed by atoms with E-state index in [-0.39, 0.29) is 5.91 Å². The van der Waals surface area contributed by atoms with Gasteiger partial charge in [-0.3, -0.25) is 14.5 Å². The summed E-state index contributed by atoms with van der Waals surface area (Å²) < 4.78 is 0. The molecule has 0 aliphatic carbocycles. The third-order valence-electron chi connectivity index (χ3n) is 7.89. The Morgan fingerprint density at radius 2 is 1.64 bits per heavy atom. The second-order valence-corrected chi connectivity index (χ2v) is 10.3. The van der Waals surface area contributed by atoms with Gasteiger partial charge in [-0.25, -0.2) is 0 Å². The number of anilines is 1. The Kier molecular flexibility index (Phi) is 6.89. The first-order chi connectivity index (χ1) is 19.1. The molecule has 3 heterocycles. The second-order valence-electron chi connectivity index (χ2n) is 10.3. The van der Waals surface area contributed by atoms with E-state index < -0.39 is 17.9 Å². The summed E-state index contributed by atoms with van der Waals surface area (Å²) in [7, 11) is 0. The number of piperidine rings is 1. The smallest absolute Gasteiger partial charge is 0.245 e. The van der Waals surface area contributed by atoms with Crippen LogP contribution >= 0.6 is 0 Å². The molecule has 0 spiro atoms. The number of likely N-dealkylation sites (tertiary alicyclic amines) is 1. The van der Waals surface area contributed by atoms with Crippen LogP contribution in [0.5, 0.6) is 0 Å². The van der Waals surface area contributed by atoms with E-state index in [0.29, 0.717) is 18.8 Å². The van der Waals surface area contributed by atoms with Gasteiger partial charge in [0.05, 0.1) is 12.5 Å². The average molecular weight is 522 g/mol. The van der Waals surface area contributed by atoms with Crippen molar-refractivity contribution in [3.8, 4) is 22.5 Å². The van der Waals surface area contributed by atoms with E-state index in [4.69, 9.17) is 5.73 Å². The molecule has 3 aromatic carbocycles. The molecule has 4 aromatic rings. The van der Waals surface area contributed by atoms with Crippen molar-refractivity contribution in [3.05, 3.63) is 83.9 Å². The highest BCUT2D eigenvalue weighted by Crippen LogP contribution is 2.35. The average Bonchev–Trinajstić information content (AvgIpc) is 3.48. The molecular formula is C30H31N7O2. The summed E-state index contributed by atoms with van der Waals surface area (Å²) in [4.78, 5) is 30.9. The number of hydrogen-bond acceptors (Lipinski definition) is 6. The lowest BCUT2D eigenvalue weighted by molar-refractivity contribution is -0.133. The SMILES string of the molecule is NC(=O)C1Cc2ccccc2N(Cc2ccc(-c3ccccc3-c3nn[nH]n3)cc2)C(=O)C1N1CCCCC1. The number of primary amides is 1. The summed E-state index contributed by atoms with van der Waals surface area (Å²) in [6, 6.07) is 23.4. The van der Waals surface area contributed by atoms with Gasteiger partial charge >= 0.3 is 0 Å². The second kappa shape index (κ2) is 10.8. The molecule has 2 unspecified atom stereocenters. The lowest BCUT2D eigenvalue weighted by Gasteiger charge is -2.38. The maximum atomic E-state index is 14.2. The molecule has 1 saturated heterocycles. The molecule has 2 aliphatic rings. The molecule has 39 heavy (non-hydrogen) atoms. The van der Waals surface area contributed by atoms with Crippen LogP contribution in [0.4, 0.5) is 5.69 Å². The van der Waals surface area contributed by atoms with Gasteiger partial charge in [-0.1, -0.05) is 73.2 Å². The predicted octanol–water partition coefficient (Wildman–Crippen LogP) is 3.58. The largest absolute Gasteiger partial charge is 0.369 e. The Morgan fingerprint density at radius 1 is 0.923 bits per heavy atom. The third kappa shape index (κ3) is 4.93. The topological polar surface area (TPSA) is 121 Å². The minimum Gasteiger partial charge on any atom is -0.369 e. The normalized spacial score (nSPS) is 19.9. The van der Waals surface area contributed by atoms with Crippen molar-refractivity contribution in [2.24, 2.45) is 11.7 Å². The highest BCUT2D eigenvalue weighted by molar-refractivity contribution is 6.02. The van der Waals surface area contributed by atoms with Crippen molar-refractivity contribution in [1.82, 2.24) is 25.5 Å². The summed E-state index contributed by atoms with van der Waals surface area (Å²) in [5.41, 5.74) is 11.6. The number of aromatic amines is 1. The standard InChI is InChI=1S/C30H31N7O2/c31-28(38)25-18-22-8-2-5-11-26(22)37(30(39)27(25)36-16-6-1-7-17-36)19-20-12-14-21(15-13-20)23-9-3-4-10-24(23)29-32-34-35-33-29/h2-5,8-15,25,27H,1,6-7,16-19H2,(H2,31,38)(H,32,33,34,35). The predicted molar refractivity (Wildman–Crippen MR) is 148 cm³/mol. The first kappa shape index (κ1) is 24.9. The Balaban J connectivity index is 1.33. The van der Waals surface area contributed by atoms with Crippen LogP contribution in [0, 0.1) is 5.92 Å². The number of rotatable bonds is 6. The highest BCUT2D eigenvalue weighted by atomic mass is 16.2. The van der Waals surface area contributed by atoms with E-state index in [9.17, 15) is 9.59 Å². The fraction of sp³-hybridized carbons (Fsp3) is 0.300. The lowest BCUT2D eigenvalue weighted by Crippen LogP contribution is -2.55. The number of nitrogens with two attached hydrogens (primary N) is 1. The van der Waals surface area contributed by atoms with Gasteiger partial charge in [-0.15, -0.1) is 10.2 Å². The quantitative estimate of drug-likeness (QED) is 0.400. The van der Waals surface area contributed by atoms with Gasteiger partial charge in [0.2, 0.25) is 17.6 Å². The van der Waals surface area contributed by atoms with Crippen LogP contribution in [-0.4, -0.2) is 56.5 Å². The van der Waals surface area contributed by atoms with Crippen LogP contribution in [-0.2, 0) is 22.6 Å². The van der Waals surface area contributed by atoms with Crippen LogP contribution in [0.25, 0.3) is 22.5 Å². The van der Waals surface area contributed by atoms with E-state index in [1.807, 2.05) is 65.6 Å². The van der Waals surface area contributed by atoms with Crippen molar-refractivity contribution < 1.29 is 9.59 Å². The lowest BCUT2D eigenvalue weighted by atomic mass is 9.90. The number of amides is 2. The van der Waals surface area contributed by atoms with Gasteiger partial charge in [0.1, 0.15) is 6.04 Å². The number of carbonyl (C=O) groups excluding carboxylic acids is 2. The van der Waals surface area contributed by atoms with Crippen molar-refractivity contribution in [2.45, 2.75) is 38.3 Å². The number of carbonyl (C=O) groups is 2. The Morgan fingerprint density at radius 3 is 2.36 bits per heavy atom. The maximum absolute atomic E-state index is 14.2. The van der Waals surface area contributed by atoms with Crippen molar-refractivity contribution in [3.63, 3.8) is 0 Å². The number of para-hydroxylation sites is 1.